The van der Waals surface area contributed by atoms with E-state index in [1.54, 1.807) is 53.2 Å². The van der Waals surface area contributed by atoms with Crippen molar-refractivity contribution in [1.29, 1.82) is 5.26 Å². The molecule has 0 saturated heterocycles. The van der Waals surface area contributed by atoms with Crippen LogP contribution in [0.5, 0.6) is 0 Å². The van der Waals surface area contributed by atoms with Crippen LogP contribution in [-0.2, 0) is 24.7 Å². The Morgan fingerprint density at radius 1 is 0.345 bits per heavy atom. The highest BCUT2D eigenvalue weighted by Crippen LogP contribution is 2.46. The molecule has 0 unspecified atom stereocenters. The maximum absolute atomic E-state index is 14.4. The molecule has 418 valence electrons. The van der Waals surface area contributed by atoms with Gasteiger partial charge in [-0.3, -0.25) is 4.57 Å². The van der Waals surface area contributed by atoms with Gasteiger partial charge in [0.1, 0.15) is 5.82 Å². The summed E-state index contributed by atoms with van der Waals surface area (Å²) in [6.45, 7) is 7.82. The van der Waals surface area contributed by atoms with Gasteiger partial charge in [0.15, 0.2) is 0 Å². The fraction of sp³-hybridized carbons (Fsp3) is 0.118. The molecule has 9 aromatic carbocycles. The summed E-state index contributed by atoms with van der Waals surface area (Å²) < 4.78 is 176. The zero-order valence-corrected chi connectivity index (χ0v) is 44.6. The molecule has 0 fully saturated rings. The Morgan fingerprint density at radius 2 is 0.690 bits per heavy atom. The molecule has 0 N–H and O–H groups in total. The van der Waals surface area contributed by atoms with E-state index in [9.17, 15) is 57.9 Å². The van der Waals surface area contributed by atoms with Crippen LogP contribution in [-0.4, -0.2) is 14.1 Å². The first kappa shape index (κ1) is 54.9. The van der Waals surface area contributed by atoms with E-state index < -0.39 is 47.0 Å². The van der Waals surface area contributed by atoms with E-state index >= 15 is 0 Å². The second kappa shape index (κ2) is 19.8. The molecule has 16 heteroatoms. The minimum atomic E-state index is -5.13. The molecule has 12 rings (SSSR count). The normalized spacial score (nSPS) is 12.5. The summed E-state index contributed by atoms with van der Waals surface area (Å²) in [5, 5.41) is 12.8. The molecule has 3 heterocycles. The highest BCUT2D eigenvalue weighted by atomic mass is 19.4. The average Bonchev–Trinajstić information content (AvgIpc) is 2.00. The number of aromatic nitrogens is 3. The van der Waals surface area contributed by atoms with Crippen LogP contribution in [0.25, 0.3) is 111 Å². The molecule has 0 bridgehead atoms. The molecule has 0 aliphatic heterocycles. The van der Waals surface area contributed by atoms with Crippen molar-refractivity contribution in [3.63, 3.8) is 0 Å². The summed E-state index contributed by atoms with van der Waals surface area (Å²) in [7, 11) is 0. The van der Waals surface area contributed by atoms with E-state index in [2.05, 4.69) is 6.07 Å². The first-order valence-corrected chi connectivity index (χ1v) is 26.1. The summed E-state index contributed by atoms with van der Waals surface area (Å²) in [5.41, 5.74) is 3.86. The number of hydrogen-bond donors (Lipinski definition) is 0. The lowest BCUT2D eigenvalue weighted by molar-refractivity contribution is -0.144. The van der Waals surface area contributed by atoms with Gasteiger partial charge < -0.3 is 4.57 Å². The number of fused-ring (bicyclic) bond motifs is 6. The van der Waals surface area contributed by atoms with Crippen LogP contribution >= 0.6 is 0 Å². The number of rotatable bonds is 7. The third-order valence-corrected chi connectivity index (χ3v) is 15.1. The maximum Gasteiger partial charge on any atom is 0.416 e. The number of nitriles is 1. The van der Waals surface area contributed by atoms with Crippen molar-refractivity contribution in [1.82, 2.24) is 14.1 Å². The Balaban J connectivity index is 1.18. The van der Waals surface area contributed by atoms with Gasteiger partial charge in [0, 0.05) is 27.1 Å². The van der Waals surface area contributed by atoms with E-state index in [1.165, 1.54) is 24.3 Å². The predicted molar refractivity (Wildman–Crippen MR) is 304 cm³/mol. The lowest BCUT2D eigenvalue weighted by Gasteiger charge is -2.18. The third kappa shape index (κ3) is 10.1. The third-order valence-electron chi connectivity index (χ3n) is 15.1. The standard InChI is InChI=1S/C68H42F12N4/c1-36-16-37(2)19-46(18-36)41-8-12-54-55-13-10-43(48-23-50(65(69,70)71)31-51(24-48)66(72,73)74)28-60(55)83(59(54)27-41)63-35-82-64(33-58(63)45-7-5-6-40(22-45)34-81)84-61-29-42(47-20-38(3)17-39(4)21-47)9-14-56(61)57-15-11-44(30-62(57)84)49-25-52(67(75,76)77)32-53(26-49)68(78,79)80/h5-33,35H,1-4H3. The lowest BCUT2D eigenvalue weighted by atomic mass is 9.97. The summed E-state index contributed by atoms with van der Waals surface area (Å²) in [6.07, 6.45) is -19.0. The predicted octanol–water partition coefficient (Wildman–Crippen LogP) is 20.8. The minimum absolute atomic E-state index is 0.0270. The first-order valence-electron chi connectivity index (χ1n) is 26.1. The van der Waals surface area contributed by atoms with Gasteiger partial charge in [-0.15, -0.1) is 0 Å². The second-order valence-electron chi connectivity index (χ2n) is 21.2. The highest BCUT2D eigenvalue weighted by molar-refractivity contribution is 6.13. The Hall–Kier alpha value is -9.62. The topological polar surface area (TPSA) is 46.5 Å². The van der Waals surface area contributed by atoms with E-state index in [1.807, 2.05) is 105 Å². The van der Waals surface area contributed by atoms with Crippen molar-refractivity contribution in [2.24, 2.45) is 0 Å². The Morgan fingerprint density at radius 3 is 1.04 bits per heavy atom. The minimum Gasteiger partial charge on any atom is -0.307 e. The maximum atomic E-state index is 14.4. The van der Waals surface area contributed by atoms with Crippen molar-refractivity contribution in [2.75, 3.05) is 0 Å². The fourth-order valence-corrected chi connectivity index (χ4v) is 11.5. The Bertz CT molecular complexity index is 4630. The van der Waals surface area contributed by atoms with E-state index in [4.69, 9.17) is 4.98 Å². The van der Waals surface area contributed by atoms with Crippen molar-refractivity contribution < 1.29 is 52.7 Å². The van der Waals surface area contributed by atoms with E-state index in [0.717, 1.165) is 44.5 Å². The van der Waals surface area contributed by atoms with Gasteiger partial charge in [-0.25, -0.2) is 4.98 Å². The number of pyridine rings is 1. The van der Waals surface area contributed by atoms with Crippen LogP contribution in [0.4, 0.5) is 52.7 Å². The molecule has 0 radical (unpaired) electrons. The van der Waals surface area contributed by atoms with Crippen LogP contribution in [0.2, 0.25) is 0 Å². The molecular weight excluding hydrogens is 1100 g/mol. The van der Waals surface area contributed by atoms with Crippen molar-refractivity contribution >= 4 is 43.6 Å². The number of aryl methyl sites for hydroxylation is 4. The molecule has 4 nitrogen and oxygen atoms in total. The Labute approximate surface area is 471 Å². The molecule has 0 atom stereocenters. The molecule has 0 saturated carbocycles. The van der Waals surface area contributed by atoms with Crippen molar-refractivity contribution in [3.05, 3.63) is 232 Å². The molecular formula is C68H42F12N4. The van der Waals surface area contributed by atoms with Gasteiger partial charge in [-0.05, 0) is 157 Å². The summed E-state index contributed by atoms with van der Waals surface area (Å²) in [4.78, 5) is 5.14. The van der Waals surface area contributed by atoms with E-state index in [0.29, 0.717) is 84.7 Å². The summed E-state index contributed by atoms with van der Waals surface area (Å²) in [6, 6.07) is 46.1. The number of benzene rings is 9. The number of hydrogen-bond acceptors (Lipinski definition) is 2. The van der Waals surface area contributed by atoms with Crippen LogP contribution in [0, 0.1) is 39.0 Å². The van der Waals surface area contributed by atoms with Crippen LogP contribution in [0.1, 0.15) is 50.1 Å². The van der Waals surface area contributed by atoms with Crippen LogP contribution in [0.3, 0.4) is 0 Å². The first-order chi connectivity index (χ1) is 39.7. The monoisotopic (exact) mass is 1140 g/mol. The van der Waals surface area contributed by atoms with Gasteiger partial charge in [0.25, 0.3) is 0 Å². The van der Waals surface area contributed by atoms with Gasteiger partial charge in [0.05, 0.1) is 67.8 Å². The number of halogens is 12. The van der Waals surface area contributed by atoms with Crippen molar-refractivity contribution in [2.45, 2.75) is 52.4 Å². The highest BCUT2D eigenvalue weighted by Gasteiger charge is 2.39. The number of alkyl halides is 12. The summed E-state index contributed by atoms with van der Waals surface area (Å²) >= 11 is 0. The molecule has 0 spiro atoms. The summed E-state index contributed by atoms with van der Waals surface area (Å²) in [5.74, 6) is 0.215. The molecule has 0 aliphatic rings. The van der Waals surface area contributed by atoms with Gasteiger partial charge in [0.2, 0.25) is 0 Å². The Kier molecular flexibility index (Phi) is 12.9. The SMILES string of the molecule is Cc1cc(C)cc(-c2ccc3c4ccc(-c5cc(C(F)(F)F)cc(C(F)(F)F)c5)cc4n(-c4cc(-c5cccc(C#N)c5)c(-n5c6cc(-c7cc(C)cc(C)c7)ccc6c6ccc(-c7cc(C(F)(F)F)cc(C(F)(F)F)c7)cc65)cn4)c3c2)c1. The zero-order chi connectivity index (χ0) is 59.5. The molecule has 84 heavy (non-hydrogen) atoms. The molecule has 12 aromatic rings. The molecule has 3 aromatic heterocycles. The van der Waals surface area contributed by atoms with Crippen molar-refractivity contribution in [3.8, 4) is 73.2 Å². The van der Waals surface area contributed by atoms with E-state index in [-0.39, 0.29) is 45.8 Å². The largest absolute Gasteiger partial charge is 0.416 e. The zero-order valence-electron chi connectivity index (χ0n) is 44.6. The van der Waals surface area contributed by atoms with Gasteiger partial charge >= 0.3 is 24.7 Å². The quantitative estimate of drug-likeness (QED) is 0.149. The molecule has 0 amide bonds. The average molecular weight is 1140 g/mol. The molecule has 0 aliphatic carbocycles. The smallest absolute Gasteiger partial charge is 0.307 e. The lowest BCUT2D eigenvalue weighted by Crippen LogP contribution is -2.11. The fourth-order valence-electron chi connectivity index (χ4n) is 11.5. The van der Waals surface area contributed by atoms with Gasteiger partial charge in [-0.1, -0.05) is 119 Å². The van der Waals surface area contributed by atoms with Gasteiger partial charge in [-0.2, -0.15) is 57.9 Å². The van der Waals surface area contributed by atoms with Crippen LogP contribution in [0.15, 0.2) is 182 Å². The second-order valence-corrected chi connectivity index (χ2v) is 21.2. The number of nitrogens with zero attached hydrogens (tertiary/aromatic N) is 4. The van der Waals surface area contributed by atoms with Crippen LogP contribution < -0.4 is 0 Å².